The summed E-state index contributed by atoms with van der Waals surface area (Å²) in [6.07, 6.45) is 0. The lowest BCUT2D eigenvalue weighted by Crippen LogP contribution is -2.11. The Bertz CT molecular complexity index is 857. The highest BCUT2D eigenvalue weighted by molar-refractivity contribution is 9.10. The van der Waals surface area contributed by atoms with Gasteiger partial charge in [-0.1, -0.05) is 11.8 Å². The van der Waals surface area contributed by atoms with E-state index in [1.54, 1.807) is 23.1 Å². The molecule has 3 nitrogen and oxygen atoms in total. The average molecular weight is 425 g/mol. The number of hydrogen-bond donors (Lipinski definition) is 1. The van der Waals surface area contributed by atoms with Crippen molar-refractivity contribution in [3.63, 3.8) is 0 Å². The lowest BCUT2D eigenvalue weighted by Gasteiger charge is -2.09. The van der Waals surface area contributed by atoms with Crippen LogP contribution in [-0.2, 0) is 0 Å². The van der Waals surface area contributed by atoms with Gasteiger partial charge < -0.3 is 5.32 Å². The molecule has 0 bridgehead atoms. The number of nitrogens with zero attached hydrogens (tertiary/aromatic N) is 1. The highest BCUT2D eigenvalue weighted by Gasteiger charge is 2.13. The van der Waals surface area contributed by atoms with Gasteiger partial charge in [0.2, 0.25) is 0 Å². The van der Waals surface area contributed by atoms with Crippen molar-refractivity contribution in [3.8, 4) is 0 Å². The minimum Gasteiger partial charge on any atom is -0.321 e. The first kappa shape index (κ1) is 16.7. The van der Waals surface area contributed by atoms with Gasteiger partial charge in [0.25, 0.3) is 5.91 Å². The molecule has 0 aliphatic carbocycles. The molecule has 0 spiro atoms. The summed E-state index contributed by atoms with van der Waals surface area (Å²) in [4.78, 5) is 18.5. The molecule has 1 aromatic carbocycles. The Balaban J connectivity index is 1.74. The van der Waals surface area contributed by atoms with Crippen LogP contribution in [0.3, 0.4) is 0 Å². The van der Waals surface area contributed by atoms with Crippen molar-refractivity contribution in [3.05, 3.63) is 55.6 Å². The molecule has 0 saturated heterocycles. The molecular formula is C16H13BrN2OS3. The maximum Gasteiger partial charge on any atom is 0.266 e. The van der Waals surface area contributed by atoms with Gasteiger partial charge in [0.15, 0.2) is 4.34 Å². The summed E-state index contributed by atoms with van der Waals surface area (Å²) in [6.45, 7) is 3.99. The number of nitrogens with one attached hydrogen (secondary N) is 1. The lowest BCUT2D eigenvalue weighted by atomic mass is 10.2. The second-order valence-electron chi connectivity index (χ2n) is 4.89. The van der Waals surface area contributed by atoms with Crippen LogP contribution in [0.4, 0.5) is 5.69 Å². The molecule has 3 rings (SSSR count). The van der Waals surface area contributed by atoms with E-state index in [9.17, 15) is 4.79 Å². The zero-order valence-electron chi connectivity index (χ0n) is 12.4. The van der Waals surface area contributed by atoms with Crippen LogP contribution >= 0.6 is 50.4 Å². The molecule has 0 fully saturated rings. The summed E-state index contributed by atoms with van der Waals surface area (Å²) >= 11 is 8.09. The highest BCUT2D eigenvalue weighted by atomic mass is 79.9. The van der Waals surface area contributed by atoms with Gasteiger partial charge >= 0.3 is 0 Å². The van der Waals surface area contributed by atoms with E-state index in [4.69, 9.17) is 0 Å². The molecule has 2 heterocycles. The molecule has 1 N–H and O–H groups in total. The predicted octanol–water partition coefficient (Wildman–Crippen LogP) is 5.99. The molecule has 0 radical (unpaired) electrons. The molecule has 2 aromatic heterocycles. The minimum atomic E-state index is -0.0917. The summed E-state index contributed by atoms with van der Waals surface area (Å²) in [5.41, 5.74) is 2.90. The Labute approximate surface area is 155 Å². The van der Waals surface area contributed by atoms with Crippen molar-refractivity contribution < 1.29 is 4.79 Å². The molecule has 23 heavy (non-hydrogen) atoms. The molecule has 0 unspecified atom stereocenters. The summed E-state index contributed by atoms with van der Waals surface area (Å²) in [7, 11) is 0. The van der Waals surface area contributed by atoms with Crippen molar-refractivity contribution in [1.29, 1.82) is 0 Å². The van der Waals surface area contributed by atoms with Crippen LogP contribution in [0.15, 0.2) is 48.7 Å². The Morgan fingerprint density at radius 1 is 1.26 bits per heavy atom. The van der Waals surface area contributed by atoms with Crippen LogP contribution in [0, 0.1) is 13.8 Å². The number of hydrogen-bond acceptors (Lipinski definition) is 5. The SMILES string of the molecule is Cc1csc(Sc2ccc(NC(=O)c3sccc3Br)c(C)c2)n1. The first-order valence-electron chi connectivity index (χ1n) is 6.78. The van der Waals surface area contributed by atoms with E-state index in [0.29, 0.717) is 4.88 Å². The Morgan fingerprint density at radius 3 is 2.70 bits per heavy atom. The normalized spacial score (nSPS) is 10.7. The summed E-state index contributed by atoms with van der Waals surface area (Å²) in [6, 6.07) is 7.90. The number of thiazole rings is 1. The van der Waals surface area contributed by atoms with E-state index < -0.39 is 0 Å². The third-order valence-electron chi connectivity index (χ3n) is 3.07. The number of thiophene rings is 1. The van der Waals surface area contributed by atoms with Crippen LogP contribution in [-0.4, -0.2) is 10.9 Å². The average Bonchev–Trinajstić information content (AvgIpc) is 3.10. The molecule has 7 heteroatoms. The van der Waals surface area contributed by atoms with Crippen molar-refractivity contribution in [1.82, 2.24) is 4.98 Å². The second-order valence-corrected chi connectivity index (χ2v) is 8.83. The number of carbonyl (C=O) groups is 1. The number of benzene rings is 1. The molecule has 1 amide bonds. The van der Waals surface area contributed by atoms with Gasteiger partial charge in [-0.15, -0.1) is 22.7 Å². The van der Waals surface area contributed by atoms with Crippen molar-refractivity contribution in [2.24, 2.45) is 0 Å². The largest absolute Gasteiger partial charge is 0.321 e. The van der Waals surface area contributed by atoms with Gasteiger partial charge in [-0.05, 0) is 65.0 Å². The van der Waals surface area contributed by atoms with E-state index in [1.807, 2.05) is 42.8 Å². The predicted molar refractivity (Wildman–Crippen MR) is 102 cm³/mol. The monoisotopic (exact) mass is 424 g/mol. The second kappa shape index (κ2) is 7.17. The van der Waals surface area contributed by atoms with Gasteiger partial charge in [0, 0.05) is 26.1 Å². The number of halogens is 1. The number of aryl methyl sites for hydroxylation is 2. The van der Waals surface area contributed by atoms with Gasteiger partial charge in [-0.25, -0.2) is 4.98 Å². The number of amides is 1. The fourth-order valence-electron chi connectivity index (χ4n) is 1.95. The summed E-state index contributed by atoms with van der Waals surface area (Å²) < 4.78 is 1.85. The van der Waals surface area contributed by atoms with Gasteiger partial charge in [-0.2, -0.15) is 0 Å². The first-order chi connectivity index (χ1) is 11.0. The van der Waals surface area contributed by atoms with E-state index in [0.717, 1.165) is 30.7 Å². The molecule has 118 valence electrons. The number of rotatable bonds is 4. The third-order valence-corrected chi connectivity index (χ3v) is 6.96. The Hall–Kier alpha value is -1.15. The van der Waals surface area contributed by atoms with Crippen molar-refractivity contribution in [2.45, 2.75) is 23.1 Å². The summed E-state index contributed by atoms with van der Waals surface area (Å²) in [5.74, 6) is -0.0917. The highest BCUT2D eigenvalue weighted by Crippen LogP contribution is 2.32. The van der Waals surface area contributed by atoms with Crippen LogP contribution in [0.2, 0.25) is 0 Å². The fraction of sp³-hybridized carbons (Fsp3) is 0.125. The molecular weight excluding hydrogens is 412 g/mol. The van der Waals surface area contributed by atoms with Gasteiger partial charge in [0.1, 0.15) is 4.88 Å². The van der Waals surface area contributed by atoms with E-state index in [-0.39, 0.29) is 5.91 Å². The zero-order valence-corrected chi connectivity index (χ0v) is 16.5. The third kappa shape index (κ3) is 4.03. The molecule has 0 aliphatic rings. The number of anilines is 1. The van der Waals surface area contributed by atoms with Crippen LogP contribution < -0.4 is 5.32 Å². The van der Waals surface area contributed by atoms with Crippen molar-refractivity contribution in [2.75, 3.05) is 5.32 Å². The molecule has 0 saturated carbocycles. The standard InChI is InChI=1S/C16H13BrN2OS3/c1-9-7-11(23-16-18-10(2)8-22-16)3-4-13(9)19-15(20)14-12(17)5-6-21-14/h3-8H,1-2H3,(H,19,20). The minimum absolute atomic E-state index is 0.0917. The van der Waals surface area contributed by atoms with Gasteiger partial charge in [0.05, 0.1) is 0 Å². The zero-order chi connectivity index (χ0) is 16.4. The Morgan fingerprint density at radius 2 is 2.09 bits per heavy atom. The van der Waals surface area contributed by atoms with Crippen LogP contribution in [0.5, 0.6) is 0 Å². The Kier molecular flexibility index (Phi) is 5.21. The van der Waals surface area contributed by atoms with E-state index in [2.05, 4.69) is 32.3 Å². The number of carbonyl (C=O) groups excluding carboxylic acids is 1. The van der Waals surface area contributed by atoms with E-state index in [1.165, 1.54) is 11.3 Å². The lowest BCUT2D eigenvalue weighted by molar-refractivity contribution is 0.103. The topological polar surface area (TPSA) is 42.0 Å². The first-order valence-corrected chi connectivity index (χ1v) is 10.1. The maximum atomic E-state index is 12.3. The number of aromatic nitrogens is 1. The quantitative estimate of drug-likeness (QED) is 0.559. The van der Waals surface area contributed by atoms with Crippen LogP contribution in [0.25, 0.3) is 0 Å². The fourth-order valence-corrected chi connectivity index (χ4v) is 5.31. The maximum absolute atomic E-state index is 12.3. The smallest absolute Gasteiger partial charge is 0.266 e. The molecule has 0 aliphatic heterocycles. The van der Waals surface area contributed by atoms with Crippen molar-refractivity contribution >= 4 is 62.0 Å². The van der Waals surface area contributed by atoms with Crippen LogP contribution in [0.1, 0.15) is 20.9 Å². The van der Waals surface area contributed by atoms with Gasteiger partial charge in [-0.3, -0.25) is 4.79 Å². The molecule has 3 aromatic rings. The molecule has 0 atom stereocenters. The summed E-state index contributed by atoms with van der Waals surface area (Å²) in [5, 5.41) is 6.90. The van der Waals surface area contributed by atoms with E-state index >= 15 is 0 Å².